The van der Waals surface area contributed by atoms with Crippen LogP contribution < -0.4 is 4.74 Å². The van der Waals surface area contributed by atoms with E-state index in [9.17, 15) is 0 Å². The molecule has 0 aliphatic carbocycles. The van der Waals surface area contributed by atoms with Gasteiger partial charge in [0.25, 0.3) is 0 Å². The van der Waals surface area contributed by atoms with Crippen LogP contribution in [0.25, 0.3) is 11.4 Å². The quantitative estimate of drug-likeness (QED) is 0.715. The summed E-state index contributed by atoms with van der Waals surface area (Å²) < 4.78 is 4.93. The Balaban J connectivity index is 2.42. The Morgan fingerprint density at radius 2 is 1.93 bits per heavy atom. The zero-order valence-corrected chi connectivity index (χ0v) is 7.71. The van der Waals surface area contributed by atoms with Gasteiger partial charge in [0.2, 0.25) is 0 Å². The molecule has 0 unspecified atom stereocenters. The molecule has 14 heavy (non-hydrogen) atoms. The number of methoxy groups -OCH3 is 1. The molecule has 2 heterocycles. The Bertz CT molecular complexity index is 417. The van der Waals surface area contributed by atoms with Crippen molar-refractivity contribution in [2.45, 2.75) is 0 Å². The van der Waals surface area contributed by atoms with E-state index in [-0.39, 0.29) is 0 Å². The van der Waals surface area contributed by atoms with E-state index in [4.69, 9.17) is 4.74 Å². The van der Waals surface area contributed by atoms with Crippen molar-refractivity contribution < 1.29 is 4.74 Å². The monoisotopic (exact) mass is 187 g/mol. The van der Waals surface area contributed by atoms with E-state index < -0.39 is 0 Å². The predicted molar refractivity (Wildman–Crippen MR) is 51.8 cm³/mol. The zero-order valence-electron chi connectivity index (χ0n) is 7.71. The highest BCUT2D eigenvalue weighted by Gasteiger charge is 2.01. The van der Waals surface area contributed by atoms with Gasteiger partial charge in [0.1, 0.15) is 0 Å². The highest BCUT2D eigenvalue weighted by Crippen LogP contribution is 2.14. The first-order valence-corrected chi connectivity index (χ1v) is 4.18. The van der Waals surface area contributed by atoms with Gasteiger partial charge in [0, 0.05) is 12.4 Å². The smallest absolute Gasteiger partial charge is 0.316 e. The molecule has 2 aromatic rings. The maximum Gasteiger partial charge on any atom is 0.316 e. The maximum absolute atomic E-state index is 4.93. The molecule has 0 amide bonds. The number of aromatic nitrogens is 3. The van der Waals surface area contributed by atoms with Crippen molar-refractivity contribution in [2.75, 3.05) is 7.11 Å². The average Bonchev–Trinajstić information content (AvgIpc) is 2.30. The molecule has 4 nitrogen and oxygen atoms in total. The molecule has 2 rings (SSSR count). The number of nitrogens with zero attached hydrogens (tertiary/aromatic N) is 3. The second-order valence-corrected chi connectivity index (χ2v) is 2.64. The van der Waals surface area contributed by atoms with Gasteiger partial charge in [0.15, 0.2) is 0 Å². The standard InChI is InChI=1S/C10H9N3O/c1-14-10-12-7-5-9(13-10)8-4-2-3-6-11-8/h2-7H,1H3. The van der Waals surface area contributed by atoms with Crippen molar-refractivity contribution in [1.29, 1.82) is 0 Å². The van der Waals surface area contributed by atoms with Crippen LogP contribution in [0.3, 0.4) is 0 Å². The molecular formula is C10H9N3O. The van der Waals surface area contributed by atoms with Crippen LogP contribution >= 0.6 is 0 Å². The number of pyridine rings is 1. The summed E-state index contributed by atoms with van der Waals surface area (Å²) >= 11 is 0. The first-order chi connectivity index (χ1) is 6.90. The van der Waals surface area contributed by atoms with Crippen molar-refractivity contribution in [3.63, 3.8) is 0 Å². The van der Waals surface area contributed by atoms with E-state index in [2.05, 4.69) is 15.0 Å². The van der Waals surface area contributed by atoms with Crippen LogP contribution in [0.1, 0.15) is 0 Å². The van der Waals surface area contributed by atoms with E-state index in [0.717, 1.165) is 11.4 Å². The van der Waals surface area contributed by atoms with Crippen LogP contribution in [0.2, 0.25) is 0 Å². The van der Waals surface area contributed by atoms with Gasteiger partial charge in [-0.15, -0.1) is 0 Å². The first-order valence-electron chi connectivity index (χ1n) is 4.18. The molecule has 0 aromatic carbocycles. The van der Waals surface area contributed by atoms with Gasteiger partial charge in [-0.25, -0.2) is 4.98 Å². The molecule has 0 bridgehead atoms. The number of rotatable bonds is 2. The summed E-state index contributed by atoms with van der Waals surface area (Å²) in [4.78, 5) is 12.3. The number of hydrogen-bond acceptors (Lipinski definition) is 4. The molecule has 2 aromatic heterocycles. The van der Waals surface area contributed by atoms with Gasteiger partial charge in [-0.2, -0.15) is 4.98 Å². The van der Waals surface area contributed by atoms with Crippen LogP contribution in [-0.2, 0) is 0 Å². The van der Waals surface area contributed by atoms with Gasteiger partial charge in [0.05, 0.1) is 18.5 Å². The van der Waals surface area contributed by atoms with Gasteiger partial charge in [-0.05, 0) is 18.2 Å². The fourth-order valence-electron chi connectivity index (χ4n) is 1.10. The van der Waals surface area contributed by atoms with Crippen LogP contribution in [0.15, 0.2) is 36.7 Å². The summed E-state index contributed by atoms with van der Waals surface area (Å²) in [5.74, 6) is 0. The Kier molecular flexibility index (Phi) is 2.36. The Labute approximate surface area is 81.6 Å². The Hall–Kier alpha value is -1.97. The van der Waals surface area contributed by atoms with E-state index in [1.807, 2.05) is 18.2 Å². The van der Waals surface area contributed by atoms with Crippen molar-refractivity contribution >= 4 is 0 Å². The van der Waals surface area contributed by atoms with E-state index in [1.54, 1.807) is 18.5 Å². The van der Waals surface area contributed by atoms with Crippen LogP contribution in [0, 0.1) is 0 Å². The van der Waals surface area contributed by atoms with E-state index in [0.29, 0.717) is 6.01 Å². The lowest BCUT2D eigenvalue weighted by atomic mass is 10.3. The van der Waals surface area contributed by atoms with Crippen molar-refractivity contribution in [2.24, 2.45) is 0 Å². The molecular weight excluding hydrogens is 178 g/mol. The van der Waals surface area contributed by atoms with E-state index in [1.165, 1.54) is 7.11 Å². The Morgan fingerprint density at radius 3 is 2.64 bits per heavy atom. The van der Waals surface area contributed by atoms with Crippen molar-refractivity contribution in [3.05, 3.63) is 36.7 Å². The van der Waals surface area contributed by atoms with Gasteiger partial charge < -0.3 is 4.74 Å². The van der Waals surface area contributed by atoms with Crippen LogP contribution in [0.4, 0.5) is 0 Å². The topological polar surface area (TPSA) is 47.9 Å². The molecule has 0 radical (unpaired) electrons. The normalized spacial score (nSPS) is 9.79. The highest BCUT2D eigenvalue weighted by molar-refractivity contribution is 5.53. The third-order valence-corrected chi connectivity index (χ3v) is 1.74. The molecule has 4 heteroatoms. The molecule has 0 saturated heterocycles. The molecule has 0 fully saturated rings. The number of hydrogen-bond donors (Lipinski definition) is 0. The van der Waals surface area contributed by atoms with Gasteiger partial charge in [-0.1, -0.05) is 6.07 Å². The highest BCUT2D eigenvalue weighted by atomic mass is 16.5. The molecule has 0 atom stereocenters. The minimum Gasteiger partial charge on any atom is -0.467 e. The average molecular weight is 187 g/mol. The fourth-order valence-corrected chi connectivity index (χ4v) is 1.10. The molecule has 70 valence electrons. The first kappa shape index (κ1) is 8.62. The largest absolute Gasteiger partial charge is 0.467 e. The second-order valence-electron chi connectivity index (χ2n) is 2.64. The van der Waals surface area contributed by atoms with Crippen molar-refractivity contribution in [3.8, 4) is 17.4 Å². The van der Waals surface area contributed by atoms with E-state index >= 15 is 0 Å². The summed E-state index contributed by atoms with van der Waals surface area (Å²) in [6.07, 6.45) is 3.37. The molecule has 0 aliphatic heterocycles. The molecule has 0 saturated carbocycles. The lowest BCUT2D eigenvalue weighted by Crippen LogP contribution is -1.93. The second kappa shape index (κ2) is 3.83. The summed E-state index contributed by atoms with van der Waals surface area (Å²) in [6, 6.07) is 7.82. The predicted octanol–water partition coefficient (Wildman–Crippen LogP) is 1.55. The van der Waals surface area contributed by atoms with Gasteiger partial charge in [-0.3, -0.25) is 4.98 Å². The Morgan fingerprint density at radius 1 is 1.00 bits per heavy atom. The third-order valence-electron chi connectivity index (χ3n) is 1.74. The third kappa shape index (κ3) is 1.69. The lowest BCUT2D eigenvalue weighted by Gasteiger charge is -2.00. The van der Waals surface area contributed by atoms with Crippen LogP contribution in [-0.4, -0.2) is 22.1 Å². The SMILES string of the molecule is COc1nccc(-c2ccccn2)n1. The minimum absolute atomic E-state index is 0.355. The van der Waals surface area contributed by atoms with Crippen LogP contribution in [0.5, 0.6) is 6.01 Å². The summed E-state index contributed by atoms with van der Waals surface area (Å²) in [5.41, 5.74) is 1.57. The fraction of sp³-hybridized carbons (Fsp3) is 0.100. The summed E-state index contributed by atoms with van der Waals surface area (Å²) in [5, 5.41) is 0. The lowest BCUT2D eigenvalue weighted by molar-refractivity contribution is 0.380. The summed E-state index contributed by atoms with van der Waals surface area (Å²) in [7, 11) is 1.54. The number of ether oxygens (including phenoxy) is 1. The summed E-state index contributed by atoms with van der Waals surface area (Å²) in [6.45, 7) is 0. The maximum atomic E-state index is 4.93. The molecule has 0 N–H and O–H groups in total. The van der Waals surface area contributed by atoms with Gasteiger partial charge >= 0.3 is 6.01 Å². The molecule has 0 spiro atoms. The minimum atomic E-state index is 0.355. The molecule has 0 aliphatic rings. The zero-order chi connectivity index (χ0) is 9.80. The van der Waals surface area contributed by atoms with Crippen molar-refractivity contribution in [1.82, 2.24) is 15.0 Å².